The van der Waals surface area contributed by atoms with Crippen molar-refractivity contribution in [2.75, 3.05) is 5.32 Å². The molecule has 0 unspecified atom stereocenters. The molecule has 1 amide bonds. The lowest BCUT2D eigenvalue weighted by Crippen LogP contribution is -2.13. The smallest absolute Gasteiger partial charge is 0.266 e. The Kier molecular flexibility index (Phi) is 6.64. The molecule has 0 saturated carbocycles. The molecule has 0 spiro atoms. The molecule has 156 valence electrons. The largest absolute Gasteiger partial charge is 0.489 e. The summed E-state index contributed by atoms with van der Waals surface area (Å²) < 4.78 is 6.92. The Balaban J connectivity index is 1.48. The first-order chi connectivity index (χ1) is 15.6. The minimum atomic E-state index is -0.461. The van der Waals surface area contributed by atoms with Crippen LogP contribution < -0.4 is 10.1 Å². The number of hydrogen-bond donors (Lipinski definition) is 1. The van der Waals surface area contributed by atoms with E-state index in [9.17, 15) is 10.1 Å². The quantitative estimate of drug-likeness (QED) is 0.244. The van der Waals surface area contributed by atoms with Gasteiger partial charge in [0, 0.05) is 10.2 Å². The highest BCUT2D eigenvalue weighted by Gasteiger charge is 2.10. The van der Waals surface area contributed by atoms with Gasteiger partial charge in [0.25, 0.3) is 5.91 Å². The summed E-state index contributed by atoms with van der Waals surface area (Å²) in [5, 5.41) is 14.5. The molecule has 0 aromatic heterocycles. The lowest BCUT2D eigenvalue weighted by Gasteiger charge is -2.10. The van der Waals surface area contributed by atoms with Crippen molar-refractivity contribution < 1.29 is 9.53 Å². The molecule has 0 aliphatic heterocycles. The summed E-state index contributed by atoms with van der Waals surface area (Å²) in [6, 6.07) is 30.8. The Morgan fingerprint density at radius 2 is 1.72 bits per heavy atom. The van der Waals surface area contributed by atoms with Crippen LogP contribution in [0.5, 0.6) is 5.75 Å². The van der Waals surface area contributed by atoms with Crippen LogP contribution in [0.3, 0.4) is 0 Å². The van der Waals surface area contributed by atoms with Crippen LogP contribution in [0, 0.1) is 11.3 Å². The second-order valence-electron chi connectivity index (χ2n) is 7.13. The van der Waals surface area contributed by atoms with Crippen molar-refractivity contribution >= 4 is 44.4 Å². The SMILES string of the molecule is N#C/C(=C/c1cccc(OCc2cccc3ccccc23)c1)C(=O)Nc1ccc(Br)cc1. The molecule has 1 N–H and O–H groups in total. The van der Waals surface area contributed by atoms with Gasteiger partial charge in [-0.25, -0.2) is 0 Å². The fraction of sp³-hybridized carbons (Fsp3) is 0.0370. The van der Waals surface area contributed by atoms with Gasteiger partial charge in [0.15, 0.2) is 0 Å². The fourth-order valence-electron chi connectivity index (χ4n) is 3.32. The van der Waals surface area contributed by atoms with Gasteiger partial charge in [0.1, 0.15) is 24.0 Å². The molecular weight excluding hydrogens is 464 g/mol. The number of carbonyl (C=O) groups excluding carboxylic acids is 1. The zero-order valence-corrected chi connectivity index (χ0v) is 18.7. The van der Waals surface area contributed by atoms with E-state index in [1.807, 2.05) is 66.7 Å². The molecule has 0 fully saturated rings. The molecule has 0 heterocycles. The Hall–Kier alpha value is -3.88. The lowest BCUT2D eigenvalue weighted by atomic mass is 10.1. The number of halogens is 1. The summed E-state index contributed by atoms with van der Waals surface area (Å²) in [5.41, 5.74) is 2.43. The van der Waals surface area contributed by atoms with E-state index in [-0.39, 0.29) is 5.57 Å². The van der Waals surface area contributed by atoms with Crippen LogP contribution in [-0.4, -0.2) is 5.91 Å². The van der Waals surface area contributed by atoms with Gasteiger partial charge in [0.05, 0.1) is 0 Å². The fourth-order valence-corrected chi connectivity index (χ4v) is 3.58. The van der Waals surface area contributed by atoms with Gasteiger partial charge in [0.2, 0.25) is 0 Å². The van der Waals surface area contributed by atoms with Crippen LogP contribution in [0.4, 0.5) is 5.69 Å². The first-order valence-corrected chi connectivity index (χ1v) is 10.8. The zero-order chi connectivity index (χ0) is 22.3. The highest BCUT2D eigenvalue weighted by molar-refractivity contribution is 9.10. The zero-order valence-electron chi connectivity index (χ0n) is 17.1. The number of nitrogens with zero attached hydrogens (tertiary/aromatic N) is 1. The lowest BCUT2D eigenvalue weighted by molar-refractivity contribution is -0.112. The van der Waals surface area contributed by atoms with Crippen LogP contribution in [0.2, 0.25) is 0 Å². The second kappa shape index (κ2) is 9.95. The monoisotopic (exact) mass is 482 g/mol. The van der Waals surface area contributed by atoms with E-state index in [1.165, 1.54) is 5.39 Å². The molecule has 0 bridgehead atoms. The standard InChI is InChI=1S/C27H19BrN2O2/c28-23-11-13-24(14-12-23)30-27(31)22(17-29)15-19-5-3-9-25(16-19)32-18-21-8-4-7-20-6-1-2-10-26(20)21/h1-16H,18H2,(H,30,31)/b22-15-. The number of nitriles is 1. The summed E-state index contributed by atoms with van der Waals surface area (Å²) in [5.74, 6) is 0.203. The van der Waals surface area contributed by atoms with Crippen molar-refractivity contribution in [1.29, 1.82) is 5.26 Å². The number of benzene rings is 4. The van der Waals surface area contributed by atoms with Gasteiger partial charge in [-0.15, -0.1) is 0 Å². The van der Waals surface area contributed by atoms with Gasteiger partial charge < -0.3 is 10.1 Å². The highest BCUT2D eigenvalue weighted by atomic mass is 79.9. The molecule has 4 nitrogen and oxygen atoms in total. The van der Waals surface area contributed by atoms with E-state index in [1.54, 1.807) is 18.2 Å². The van der Waals surface area contributed by atoms with Gasteiger partial charge >= 0.3 is 0 Å². The molecule has 4 rings (SSSR count). The molecule has 32 heavy (non-hydrogen) atoms. The molecule has 0 saturated heterocycles. The van der Waals surface area contributed by atoms with E-state index in [4.69, 9.17) is 4.74 Å². The molecular formula is C27H19BrN2O2. The Labute approximate surface area is 194 Å². The Morgan fingerprint density at radius 1 is 0.969 bits per heavy atom. The summed E-state index contributed by atoms with van der Waals surface area (Å²) >= 11 is 3.36. The van der Waals surface area contributed by atoms with Gasteiger partial charge in [-0.2, -0.15) is 5.26 Å². The molecule has 0 aliphatic carbocycles. The van der Waals surface area contributed by atoms with Gasteiger partial charge in [-0.3, -0.25) is 4.79 Å². The summed E-state index contributed by atoms with van der Waals surface area (Å²) in [7, 11) is 0. The molecule has 4 aromatic carbocycles. The number of carbonyl (C=O) groups is 1. The average Bonchev–Trinajstić information content (AvgIpc) is 2.83. The topological polar surface area (TPSA) is 62.1 Å². The van der Waals surface area contributed by atoms with Crippen molar-refractivity contribution in [3.05, 3.63) is 112 Å². The van der Waals surface area contributed by atoms with E-state index < -0.39 is 5.91 Å². The van der Waals surface area contributed by atoms with Crippen molar-refractivity contribution in [2.45, 2.75) is 6.61 Å². The van der Waals surface area contributed by atoms with Gasteiger partial charge in [-0.1, -0.05) is 70.5 Å². The predicted octanol–water partition coefficient (Wildman–Crippen LogP) is 6.73. The van der Waals surface area contributed by atoms with Crippen LogP contribution >= 0.6 is 15.9 Å². The summed E-state index contributed by atoms with van der Waals surface area (Å²) in [6.45, 7) is 0.420. The normalized spacial score (nSPS) is 11.1. The first kappa shape index (κ1) is 21.4. The minimum Gasteiger partial charge on any atom is -0.489 e. The molecule has 0 aliphatic rings. The first-order valence-electron chi connectivity index (χ1n) is 10.0. The van der Waals surface area contributed by atoms with Crippen LogP contribution in [0.1, 0.15) is 11.1 Å². The third kappa shape index (κ3) is 5.23. The van der Waals surface area contributed by atoms with E-state index in [2.05, 4.69) is 39.4 Å². The number of fused-ring (bicyclic) bond motifs is 1. The summed E-state index contributed by atoms with van der Waals surface area (Å²) in [6.07, 6.45) is 1.55. The van der Waals surface area contributed by atoms with E-state index in [0.717, 1.165) is 15.4 Å². The highest BCUT2D eigenvalue weighted by Crippen LogP contribution is 2.22. The van der Waals surface area contributed by atoms with Crippen LogP contribution in [0.15, 0.2) is 101 Å². The Bertz CT molecular complexity index is 1330. The second-order valence-corrected chi connectivity index (χ2v) is 8.05. The maximum Gasteiger partial charge on any atom is 0.266 e. The molecule has 0 atom stereocenters. The van der Waals surface area contributed by atoms with Crippen molar-refractivity contribution in [3.63, 3.8) is 0 Å². The molecule has 4 aromatic rings. The van der Waals surface area contributed by atoms with Crippen molar-refractivity contribution in [3.8, 4) is 11.8 Å². The number of amides is 1. The number of nitrogens with one attached hydrogen (secondary N) is 1. The van der Waals surface area contributed by atoms with E-state index >= 15 is 0 Å². The van der Waals surface area contributed by atoms with Crippen LogP contribution in [-0.2, 0) is 11.4 Å². The van der Waals surface area contributed by atoms with Crippen molar-refractivity contribution in [1.82, 2.24) is 0 Å². The minimum absolute atomic E-state index is 0.0131. The van der Waals surface area contributed by atoms with Crippen molar-refractivity contribution in [2.24, 2.45) is 0 Å². The maximum atomic E-state index is 12.5. The average molecular weight is 483 g/mol. The third-order valence-electron chi connectivity index (χ3n) is 4.91. The Morgan fingerprint density at radius 3 is 2.53 bits per heavy atom. The molecule has 0 radical (unpaired) electrons. The molecule has 5 heteroatoms. The number of ether oxygens (including phenoxy) is 1. The predicted molar refractivity (Wildman–Crippen MR) is 131 cm³/mol. The number of anilines is 1. The third-order valence-corrected chi connectivity index (χ3v) is 5.44. The van der Waals surface area contributed by atoms with Gasteiger partial charge in [-0.05, 0) is 64.4 Å². The van der Waals surface area contributed by atoms with E-state index in [0.29, 0.717) is 23.6 Å². The number of rotatable bonds is 6. The van der Waals surface area contributed by atoms with Crippen LogP contribution in [0.25, 0.3) is 16.8 Å². The summed E-state index contributed by atoms with van der Waals surface area (Å²) in [4.78, 5) is 12.5. The maximum absolute atomic E-state index is 12.5. The number of hydrogen-bond acceptors (Lipinski definition) is 3.